The van der Waals surface area contributed by atoms with Gasteiger partial charge in [-0.2, -0.15) is 13.2 Å². The first-order valence-electron chi connectivity index (χ1n) is 9.15. The van der Waals surface area contributed by atoms with E-state index in [1.807, 2.05) is 0 Å². The number of methoxy groups -OCH3 is 1. The van der Waals surface area contributed by atoms with Gasteiger partial charge < -0.3 is 14.2 Å². The molecule has 0 aliphatic heterocycles. The monoisotopic (exact) mass is 400 g/mol. The molecular weight excluding hydrogens is 376 g/mol. The van der Waals surface area contributed by atoms with Crippen molar-refractivity contribution >= 4 is 0 Å². The summed E-state index contributed by atoms with van der Waals surface area (Å²) in [4.78, 5) is 0. The van der Waals surface area contributed by atoms with Crippen molar-refractivity contribution in [3.8, 4) is 11.5 Å². The largest absolute Gasteiger partial charge is 0.491 e. The van der Waals surface area contributed by atoms with Crippen molar-refractivity contribution in [1.29, 1.82) is 0 Å². The lowest BCUT2D eigenvalue weighted by atomic mass is 10.1. The number of benzene rings is 2. The highest BCUT2D eigenvalue weighted by Crippen LogP contribution is 2.36. The molecule has 0 amide bonds. The van der Waals surface area contributed by atoms with E-state index in [-0.39, 0.29) is 12.4 Å². The van der Waals surface area contributed by atoms with Crippen LogP contribution >= 0.6 is 0 Å². The quantitative estimate of drug-likeness (QED) is 0.350. The van der Waals surface area contributed by atoms with Crippen LogP contribution in [0.25, 0.3) is 0 Å². The normalized spacial score (nSPS) is 11.5. The van der Waals surface area contributed by atoms with E-state index in [2.05, 4.69) is 4.74 Å². The molecule has 3 nitrogen and oxygen atoms in total. The van der Waals surface area contributed by atoms with Gasteiger partial charge >= 0.3 is 6.11 Å². The first-order valence-corrected chi connectivity index (χ1v) is 9.15. The van der Waals surface area contributed by atoms with E-state index in [0.717, 1.165) is 43.4 Å². The standard InChI is InChI=1S/C21H24F4O3/c1-3-27-18-13-12-17(19(22)20(18)23)21(24,25)28-16-10-8-15(9-11-16)7-5-4-6-14-26-2/h8-13H,3-7,14H2,1-2H3. The fourth-order valence-corrected chi connectivity index (χ4v) is 2.70. The maximum atomic E-state index is 14.3. The predicted molar refractivity (Wildman–Crippen MR) is 97.9 cm³/mol. The fourth-order valence-electron chi connectivity index (χ4n) is 2.70. The molecule has 154 valence electrons. The van der Waals surface area contributed by atoms with E-state index in [0.29, 0.717) is 6.61 Å². The molecule has 0 aliphatic rings. The second-order valence-electron chi connectivity index (χ2n) is 6.24. The molecular formula is C21H24F4O3. The van der Waals surface area contributed by atoms with Crippen LogP contribution in [0.4, 0.5) is 17.6 Å². The number of unbranched alkanes of at least 4 members (excludes halogenated alkanes) is 2. The van der Waals surface area contributed by atoms with Crippen molar-refractivity contribution in [2.24, 2.45) is 0 Å². The second kappa shape index (κ2) is 10.3. The number of hydrogen-bond donors (Lipinski definition) is 0. The summed E-state index contributed by atoms with van der Waals surface area (Å²) >= 11 is 0. The molecule has 2 rings (SSSR count). The number of hydrogen-bond acceptors (Lipinski definition) is 3. The highest BCUT2D eigenvalue weighted by atomic mass is 19.3. The Labute approximate surface area is 162 Å². The van der Waals surface area contributed by atoms with Gasteiger partial charge in [0, 0.05) is 13.7 Å². The molecule has 0 saturated carbocycles. The fraction of sp³-hybridized carbons (Fsp3) is 0.429. The lowest BCUT2D eigenvalue weighted by molar-refractivity contribution is -0.187. The van der Waals surface area contributed by atoms with Crippen LogP contribution in [-0.2, 0) is 17.3 Å². The topological polar surface area (TPSA) is 27.7 Å². The summed E-state index contributed by atoms with van der Waals surface area (Å²) in [6, 6.07) is 7.86. The number of alkyl halides is 2. The minimum atomic E-state index is -4.03. The first kappa shape index (κ1) is 22.0. The third kappa shape index (κ3) is 5.86. The number of halogens is 4. The third-order valence-electron chi connectivity index (χ3n) is 4.14. The van der Waals surface area contributed by atoms with E-state index in [4.69, 9.17) is 9.47 Å². The molecule has 0 fully saturated rings. The Morgan fingerprint density at radius 2 is 1.61 bits per heavy atom. The molecule has 2 aromatic rings. The molecule has 0 N–H and O–H groups in total. The molecule has 0 aromatic heterocycles. The Kier molecular flexibility index (Phi) is 8.11. The molecule has 2 aromatic carbocycles. The summed E-state index contributed by atoms with van der Waals surface area (Å²) in [6.45, 7) is 2.37. The summed E-state index contributed by atoms with van der Waals surface area (Å²) in [6.07, 6.45) is -0.298. The zero-order valence-corrected chi connectivity index (χ0v) is 15.9. The van der Waals surface area contributed by atoms with Gasteiger partial charge in [0.2, 0.25) is 5.82 Å². The van der Waals surface area contributed by atoms with Crippen LogP contribution in [0.5, 0.6) is 11.5 Å². The number of ether oxygens (including phenoxy) is 3. The van der Waals surface area contributed by atoms with Crippen LogP contribution in [-0.4, -0.2) is 20.3 Å². The average molecular weight is 400 g/mol. The van der Waals surface area contributed by atoms with E-state index in [9.17, 15) is 17.6 Å². The van der Waals surface area contributed by atoms with Crippen LogP contribution in [0.1, 0.15) is 37.3 Å². The Morgan fingerprint density at radius 1 is 0.893 bits per heavy atom. The Morgan fingerprint density at radius 3 is 2.25 bits per heavy atom. The lowest BCUT2D eigenvalue weighted by Gasteiger charge is -2.20. The molecule has 0 radical (unpaired) electrons. The van der Waals surface area contributed by atoms with Gasteiger partial charge in [-0.3, -0.25) is 0 Å². The van der Waals surface area contributed by atoms with Gasteiger partial charge in [-0.1, -0.05) is 18.6 Å². The maximum Gasteiger partial charge on any atom is 0.429 e. The first-order chi connectivity index (χ1) is 13.4. The summed E-state index contributed by atoms with van der Waals surface area (Å²) in [5.41, 5.74) is -0.206. The summed E-state index contributed by atoms with van der Waals surface area (Å²) in [5.74, 6) is -3.72. The Balaban J connectivity index is 2.03. The molecule has 0 atom stereocenters. The molecule has 0 heterocycles. The minimum Gasteiger partial charge on any atom is -0.491 e. The van der Waals surface area contributed by atoms with Crippen LogP contribution in [0, 0.1) is 11.6 Å². The molecule has 0 bridgehead atoms. The van der Waals surface area contributed by atoms with Gasteiger partial charge in [-0.25, -0.2) is 4.39 Å². The van der Waals surface area contributed by atoms with Gasteiger partial charge in [0.1, 0.15) is 11.3 Å². The van der Waals surface area contributed by atoms with Crippen LogP contribution in [0.15, 0.2) is 36.4 Å². The van der Waals surface area contributed by atoms with E-state index >= 15 is 0 Å². The molecule has 0 saturated heterocycles. The Bertz CT molecular complexity index is 748. The average Bonchev–Trinajstić information content (AvgIpc) is 2.66. The van der Waals surface area contributed by atoms with Gasteiger partial charge in [0.05, 0.1) is 6.61 Å². The van der Waals surface area contributed by atoms with Gasteiger partial charge in [0.25, 0.3) is 0 Å². The SMILES string of the molecule is CCOc1ccc(C(F)(F)Oc2ccc(CCCCCOC)cc2)c(F)c1F. The summed E-state index contributed by atoms with van der Waals surface area (Å²) in [7, 11) is 1.65. The van der Waals surface area contributed by atoms with Crippen LogP contribution < -0.4 is 9.47 Å². The summed E-state index contributed by atoms with van der Waals surface area (Å²) < 4.78 is 71.1. The van der Waals surface area contributed by atoms with Crippen molar-refractivity contribution in [2.45, 2.75) is 38.7 Å². The van der Waals surface area contributed by atoms with E-state index in [1.54, 1.807) is 26.2 Å². The van der Waals surface area contributed by atoms with Crippen LogP contribution in [0.2, 0.25) is 0 Å². The summed E-state index contributed by atoms with van der Waals surface area (Å²) in [5, 5.41) is 0. The number of aryl methyl sites for hydroxylation is 1. The molecule has 0 spiro atoms. The minimum absolute atomic E-state index is 0.0847. The van der Waals surface area contributed by atoms with Crippen LogP contribution in [0.3, 0.4) is 0 Å². The molecule has 7 heteroatoms. The van der Waals surface area contributed by atoms with Gasteiger partial charge in [-0.15, -0.1) is 0 Å². The second-order valence-corrected chi connectivity index (χ2v) is 6.24. The lowest BCUT2D eigenvalue weighted by Crippen LogP contribution is -2.24. The Hall–Kier alpha value is -2.28. The smallest absolute Gasteiger partial charge is 0.429 e. The third-order valence-corrected chi connectivity index (χ3v) is 4.14. The zero-order valence-electron chi connectivity index (χ0n) is 15.9. The van der Waals surface area contributed by atoms with E-state index in [1.165, 1.54) is 12.1 Å². The highest BCUT2D eigenvalue weighted by Gasteiger charge is 2.39. The molecule has 0 aliphatic carbocycles. The predicted octanol–water partition coefficient (Wildman–Crippen LogP) is 5.85. The number of rotatable bonds is 11. The zero-order chi connectivity index (χ0) is 20.6. The molecule has 28 heavy (non-hydrogen) atoms. The van der Waals surface area contributed by atoms with Crippen molar-refractivity contribution in [2.75, 3.05) is 20.3 Å². The van der Waals surface area contributed by atoms with Gasteiger partial charge in [-0.05, 0) is 56.0 Å². The molecule has 0 unspecified atom stereocenters. The van der Waals surface area contributed by atoms with Crippen molar-refractivity contribution < 1.29 is 31.8 Å². The van der Waals surface area contributed by atoms with E-state index < -0.39 is 29.1 Å². The van der Waals surface area contributed by atoms with Crippen molar-refractivity contribution in [3.63, 3.8) is 0 Å². The van der Waals surface area contributed by atoms with Crippen molar-refractivity contribution in [1.82, 2.24) is 0 Å². The van der Waals surface area contributed by atoms with Crippen molar-refractivity contribution in [3.05, 3.63) is 59.2 Å². The van der Waals surface area contributed by atoms with Gasteiger partial charge in [0.15, 0.2) is 11.6 Å². The maximum absolute atomic E-state index is 14.3. The highest BCUT2D eigenvalue weighted by molar-refractivity contribution is 5.34.